The Kier molecular flexibility index (Phi) is 3.48. The Bertz CT molecular complexity index is 451. The maximum Gasteiger partial charge on any atom is 0.257 e. The zero-order chi connectivity index (χ0) is 12.4. The maximum atomic E-state index is 11.8. The summed E-state index contributed by atoms with van der Waals surface area (Å²) in [6.07, 6.45) is 3.25. The fraction of sp³-hybridized carbons (Fsp3) is 0.667. The number of methoxy groups -OCH3 is 1. The van der Waals surface area contributed by atoms with Gasteiger partial charge in [-0.3, -0.25) is 0 Å². The van der Waals surface area contributed by atoms with Crippen molar-refractivity contribution in [2.75, 3.05) is 26.9 Å². The van der Waals surface area contributed by atoms with Gasteiger partial charge in [0.25, 0.3) is 10.0 Å². The van der Waals surface area contributed by atoms with Crippen LogP contribution >= 0.6 is 0 Å². The summed E-state index contributed by atoms with van der Waals surface area (Å²) >= 11 is 0. The zero-order valence-corrected chi connectivity index (χ0v) is 10.3. The summed E-state index contributed by atoms with van der Waals surface area (Å²) in [6.45, 7) is 1.17. The molecule has 1 aliphatic heterocycles. The van der Waals surface area contributed by atoms with Crippen molar-refractivity contribution in [1.29, 1.82) is 0 Å². The first-order valence-corrected chi connectivity index (χ1v) is 6.67. The van der Waals surface area contributed by atoms with Crippen molar-refractivity contribution in [1.82, 2.24) is 14.7 Å². The second kappa shape index (κ2) is 4.73. The third-order valence-electron chi connectivity index (χ3n) is 2.85. The van der Waals surface area contributed by atoms with Crippen LogP contribution in [0.15, 0.2) is 17.6 Å². The van der Waals surface area contributed by atoms with Crippen LogP contribution < -0.4 is 4.72 Å². The standard InChI is InChI=1S/C9H15N3O4S/c1-15-9(2-3-16-6-9)5-12-17(13,14)8-4-10-7-11-8/h4,7,12H,2-3,5-6H2,1H3,(H,10,11). The van der Waals surface area contributed by atoms with Gasteiger partial charge in [-0.15, -0.1) is 0 Å². The Labute approximate surface area is 99.6 Å². The van der Waals surface area contributed by atoms with Crippen molar-refractivity contribution in [3.63, 3.8) is 0 Å². The van der Waals surface area contributed by atoms with Crippen molar-refractivity contribution < 1.29 is 17.9 Å². The van der Waals surface area contributed by atoms with E-state index in [9.17, 15) is 8.42 Å². The average Bonchev–Trinajstić information content (AvgIpc) is 2.99. The number of nitrogens with zero attached hydrogens (tertiary/aromatic N) is 1. The van der Waals surface area contributed by atoms with Crippen LogP contribution in [-0.2, 0) is 19.5 Å². The monoisotopic (exact) mass is 261 g/mol. The molecule has 0 amide bonds. The molecule has 17 heavy (non-hydrogen) atoms. The van der Waals surface area contributed by atoms with Gasteiger partial charge in [-0.05, 0) is 0 Å². The van der Waals surface area contributed by atoms with Crippen LogP contribution in [0.4, 0.5) is 0 Å². The van der Waals surface area contributed by atoms with E-state index in [0.29, 0.717) is 19.6 Å². The van der Waals surface area contributed by atoms with Crippen molar-refractivity contribution in [3.05, 3.63) is 12.5 Å². The van der Waals surface area contributed by atoms with E-state index in [-0.39, 0.29) is 11.6 Å². The van der Waals surface area contributed by atoms with Crippen molar-refractivity contribution in [3.8, 4) is 0 Å². The molecule has 0 radical (unpaired) electrons. The summed E-state index contributed by atoms with van der Waals surface area (Å²) in [6, 6.07) is 0. The van der Waals surface area contributed by atoms with Gasteiger partial charge in [-0.1, -0.05) is 0 Å². The molecule has 8 heteroatoms. The molecule has 1 saturated heterocycles. The third-order valence-corrected chi connectivity index (χ3v) is 4.17. The van der Waals surface area contributed by atoms with Crippen molar-refractivity contribution >= 4 is 10.0 Å². The maximum absolute atomic E-state index is 11.8. The lowest BCUT2D eigenvalue weighted by Gasteiger charge is -2.25. The molecule has 0 aromatic carbocycles. The minimum atomic E-state index is -3.56. The zero-order valence-electron chi connectivity index (χ0n) is 9.47. The molecule has 1 aromatic heterocycles. The molecular formula is C9H15N3O4S. The van der Waals surface area contributed by atoms with Gasteiger partial charge in [0, 0.05) is 26.7 Å². The number of nitrogens with one attached hydrogen (secondary N) is 2. The van der Waals surface area contributed by atoms with Crippen LogP contribution in [0.25, 0.3) is 0 Å². The lowest BCUT2D eigenvalue weighted by atomic mass is 10.0. The van der Waals surface area contributed by atoms with Gasteiger partial charge in [-0.25, -0.2) is 18.1 Å². The fourth-order valence-electron chi connectivity index (χ4n) is 1.66. The minimum absolute atomic E-state index is 0.0441. The molecule has 2 heterocycles. The number of H-pyrrole nitrogens is 1. The lowest BCUT2D eigenvalue weighted by molar-refractivity contribution is -0.0120. The predicted octanol–water partition coefficient (Wildman–Crippen LogP) is -0.506. The predicted molar refractivity (Wildman–Crippen MR) is 59.0 cm³/mol. The Balaban J connectivity index is 2.02. The first-order chi connectivity index (χ1) is 8.08. The summed E-state index contributed by atoms with van der Waals surface area (Å²) < 4.78 is 36.7. The number of hydrogen-bond acceptors (Lipinski definition) is 5. The van der Waals surface area contributed by atoms with Crippen LogP contribution in [0.1, 0.15) is 6.42 Å². The summed E-state index contributed by atoms with van der Waals surface area (Å²) in [7, 11) is -2.00. The van der Waals surface area contributed by atoms with E-state index in [1.807, 2.05) is 0 Å². The van der Waals surface area contributed by atoms with Gasteiger partial charge in [0.1, 0.15) is 5.60 Å². The molecule has 0 saturated carbocycles. The number of aromatic amines is 1. The first kappa shape index (κ1) is 12.5. The molecule has 0 aliphatic carbocycles. The number of sulfonamides is 1. The molecule has 1 atom stereocenters. The molecule has 0 bridgehead atoms. The smallest absolute Gasteiger partial charge is 0.257 e. The van der Waals surface area contributed by atoms with Crippen LogP contribution in [-0.4, -0.2) is 50.9 Å². The molecular weight excluding hydrogens is 246 g/mol. The van der Waals surface area contributed by atoms with Gasteiger partial charge in [0.15, 0.2) is 5.03 Å². The van der Waals surface area contributed by atoms with Crippen LogP contribution in [0.3, 0.4) is 0 Å². The highest BCUT2D eigenvalue weighted by Crippen LogP contribution is 2.22. The summed E-state index contributed by atoms with van der Waals surface area (Å²) in [4.78, 5) is 6.22. The minimum Gasteiger partial charge on any atom is -0.378 e. The first-order valence-electron chi connectivity index (χ1n) is 5.19. The van der Waals surface area contributed by atoms with Crippen LogP contribution in [0.5, 0.6) is 0 Å². The highest BCUT2D eigenvalue weighted by atomic mass is 32.2. The fourth-order valence-corrected chi connectivity index (χ4v) is 2.67. The van der Waals surface area contributed by atoms with Crippen molar-refractivity contribution in [2.45, 2.75) is 17.0 Å². The highest BCUT2D eigenvalue weighted by molar-refractivity contribution is 7.89. The van der Waals surface area contributed by atoms with E-state index in [2.05, 4.69) is 14.7 Å². The van der Waals surface area contributed by atoms with Gasteiger partial charge < -0.3 is 14.5 Å². The van der Waals surface area contributed by atoms with Gasteiger partial charge in [0.2, 0.25) is 0 Å². The molecule has 7 nitrogen and oxygen atoms in total. The summed E-state index contributed by atoms with van der Waals surface area (Å²) in [5, 5.41) is 0.0441. The van der Waals surface area contributed by atoms with E-state index in [0.717, 1.165) is 0 Å². The molecule has 1 aliphatic rings. The molecule has 2 rings (SSSR count). The second-order valence-corrected chi connectivity index (χ2v) is 5.67. The molecule has 1 aromatic rings. The lowest BCUT2D eigenvalue weighted by Crippen LogP contribution is -2.45. The SMILES string of the molecule is COC1(CNS(=O)(=O)c2cnc[nH]2)CCOC1. The van der Waals surface area contributed by atoms with E-state index >= 15 is 0 Å². The Hall–Kier alpha value is -0.960. The number of aromatic nitrogens is 2. The van der Waals surface area contributed by atoms with E-state index in [1.54, 1.807) is 7.11 Å². The molecule has 1 fully saturated rings. The third kappa shape index (κ3) is 2.65. The molecule has 1 unspecified atom stereocenters. The Morgan fingerprint density at radius 3 is 3.06 bits per heavy atom. The Morgan fingerprint density at radius 1 is 1.71 bits per heavy atom. The quantitative estimate of drug-likeness (QED) is 0.745. The molecule has 96 valence electrons. The second-order valence-electron chi connectivity index (χ2n) is 3.93. The van der Waals surface area contributed by atoms with E-state index < -0.39 is 15.6 Å². The van der Waals surface area contributed by atoms with Crippen LogP contribution in [0.2, 0.25) is 0 Å². The van der Waals surface area contributed by atoms with Crippen LogP contribution in [0, 0.1) is 0 Å². The highest BCUT2D eigenvalue weighted by Gasteiger charge is 2.36. The number of hydrogen-bond donors (Lipinski definition) is 2. The largest absolute Gasteiger partial charge is 0.378 e. The summed E-state index contributed by atoms with van der Waals surface area (Å²) in [5.74, 6) is 0. The van der Waals surface area contributed by atoms with Crippen molar-refractivity contribution in [2.24, 2.45) is 0 Å². The van der Waals surface area contributed by atoms with E-state index in [1.165, 1.54) is 12.5 Å². The summed E-state index contributed by atoms with van der Waals surface area (Å²) in [5.41, 5.74) is -0.562. The van der Waals surface area contributed by atoms with Gasteiger partial charge in [0.05, 0.1) is 19.1 Å². The number of imidazole rings is 1. The molecule has 0 spiro atoms. The van der Waals surface area contributed by atoms with Gasteiger partial charge in [-0.2, -0.15) is 0 Å². The number of ether oxygens (including phenoxy) is 2. The molecule has 2 N–H and O–H groups in total. The normalized spacial score (nSPS) is 25.2. The van der Waals surface area contributed by atoms with E-state index in [4.69, 9.17) is 9.47 Å². The average molecular weight is 261 g/mol. The topological polar surface area (TPSA) is 93.3 Å². The Morgan fingerprint density at radius 2 is 2.53 bits per heavy atom. The number of rotatable bonds is 5. The van der Waals surface area contributed by atoms with Gasteiger partial charge >= 0.3 is 0 Å².